The molecule has 8 heteroatoms. The third kappa shape index (κ3) is 4.72. The van der Waals surface area contributed by atoms with Crippen LogP contribution in [0.3, 0.4) is 0 Å². The van der Waals surface area contributed by atoms with Gasteiger partial charge in [0.1, 0.15) is 11.8 Å². The molecule has 3 aromatic heterocycles. The summed E-state index contributed by atoms with van der Waals surface area (Å²) in [5.41, 5.74) is 14.9. The third-order valence-corrected chi connectivity index (χ3v) is 7.86. The fraction of sp³-hybridized carbons (Fsp3) is 0.219. The number of hydrogen-bond donors (Lipinski definition) is 1. The molecule has 4 heterocycles. The third-order valence-electron chi connectivity index (χ3n) is 7.86. The average Bonchev–Trinajstić information content (AvgIpc) is 3.56. The van der Waals surface area contributed by atoms with E-state index >= 15 is 0 Å². The minimum Gasteiger partial charge on any atom is -0.382 e. The molecule has 2 N–H and O–H groups in total. The van der Waals surface area contributed by atoms with Crippen molar-refractivity contribution in [2.24, 2.45) is 0 Å². The molecule has 1 fully saturated rings. The molecule has 0 spiro atoms. The largest absolute Gasteiger partial charge is 0.382 e. The summed E-state index contributed by atoms with van der Waals surface area (Å²) in [6, 6.07) is 27.7. The highest BCUT2D eigenvalue weighted by Crippen LogP contribution is 2.36. The highest BCUT2D eigenvalue weighted by atomic mass is 15.3. The van der Waals surface area contributed by atoms with Crippen molar-refractivity contribution in [3.8, 4) is 22.4 Å². The van der Waals surface area contributed by atoms with E-state index in [1.54, 1.807) is 0 Å². The Bertz CT molecular complexity index is 1790. The lowest BCUT2D eigenvalue weighted by atomic mass is 10.0. The van der Waals surface area contributed by atoms with Crippen LogP contribution in [0.1, 0.15) is 11.1 Å². The van der Waals surface area contributed by atoms with Crippen LogP contribution >= 0.6 is 0 Å². The topological polar surface area (TPSA) is 80.5 Å². The van der Waals surface area contributed by atoms with Gasteiger partial charge in [0.25, 0.3) is 0 Å². The number of benzene rings is 3. The van der Waals surface area contributed by atoms with Crippen molar-refractivity contribution in [3.63, 3.8) is 0 Å². The van der Waals surface area contributed by atoms with Crippen molar-refractivity contribution in [2.75, 3.05) is 39.0 Å². The van der Waals surface area contributed by atoms with Crippen LogP contribution in [0.25, 0.3) is 38.8 Å². The second-order valence-electron chi connectivity index (χ2n) is 10.7. The maximum absolute atomic E-state index is 6.45. The second-order valence-corrected chi connectivity index (χ2v) is 10.7. The van der Waals surface area contributed by atoms with Crippen LogP contribution in [0.2, 0.25) is 0 Å². The lowest BCUT2D eigenvalue weighted by Crippen LogP contribution is -2.43. The minimum absolute atomic E-state index is 0.458. The maximum atomic E-state index is 6.45. The molecular formula is C32H32N8. The molecule has 0 radical (unpaired) electrons. The summed E-state index contributed by atoms with van der Waals surface area (Å²) in [5.74, 6) is 0.458. The van der Waals surface area contributed by atoms with E-state index in [9.17, 15) is 0 Å². The fourth-order valence-electron chi connectivity index (χ4n) is 5.67. The molecular weight excluding hydrogens is 496 g/mol. The zero-order chi connectivity index (χ0) is 27.1. The van der Waals surface area contributed by atoms with Crippen LogP contribution in [-0.4, -0.2) is 67.4 Å². The SMILES string of the molecule is CN1CCN(Cc2cccc(-c3cc(-c4ccc5cn(Cc6ccccc6)nc5c4)c4c(N)ncnn34)c2)CC1. The van der Waals surface area contributed by atoms with Gasteiger partial charge in [0, 0.05) is 55.4 Å². The summed E-state index contributed by atoms with van der Waals surface area (Å²) < 4.78 is 3.92. The summed E-state index contributed by atoms with van der Waals surface area (Å²) >= 11 is 0. The van der Waals surface area contributed by atoms with Crippen LogP contribution < -0.4 is 5.73 Å². The number of fused-ring (bicyclic) bond motifs is 2. The smallest absolute Gasteiger partial charge is 0.152 e. The van der Waals surface area contributed by atoms with Crippen LogP contribution in [-0.2, 0) is 13.1 Å². The van der Waals surface area contributed by atoms with E-state index in [1.165, 1.54) is 17.5 Å². The summed E-state index contributed by atoms with van der Waals surface area (Å²) in [4.78, 5) is 9.24. The monoisotopic (exact) mass is 528 g/mol. The Balaban J connectivity index is 1.25. The first kappa shape index (κ1) is 24.5. The molecule has 1 saturated heterocycles. The Morgan fingerprint density at radius 2 is 1.62 bits per heavy atom. The van der Waals surface area contributed by atoms with E-state index in [0.29, 0.717) is 5.82 Å². The van der Waals surface area contributed by atoms with Crippen molar-refractivity contribution in [1.29, 1.82) is 0 Å². The molecule has 1 aliphatic heterocycles. The number of likely N-dealkylation sites (N-methyl/N-ethyl adjacent to an activating group) is 1. The number of piperazine rings is 1. The molecule has 3 aromatic carbocycles. The molecule has 7 rings (SSSR count). The number of nitrogens with two attached hydrogens (primary N) is 1. The van der Waals surface area contributed by atoms with E-state index in [4.69, 9.17) is 10.8 Å². The summed E-state index contributed by atoms with van der Waals surface area (Å²) in [5, 5.41) is 10.6. The number of nitrogens with zero attached hydrogens (tertiary/aromatic N) is 7. The molecule has 0 atom stereocenters. The standard InChI is InChI=1S/C32H32N8/c1-37-12-14-38(15-13-37)19-24-8-5-9-26(16-24)30-18-28(31-32(33)34-22-35-40(30)31)25-10-11-27-21-39(36-29(27)17-25)20-23-6-3-2-4-7-23/h2-11,16-18,21-22H,12-15,19-20H2,1H3,(H2,33,34,35). The number of nitrogen functional groups attached to an aromatic ring is 1. The van der Waals surface area contributed by atoms with E-state index in [2.05, 4.69) is 106 Å². The number of hydrogen-bond acceptors (Lipinski definition) is 6. The summed E-state index contributed by atoms with van der Waals surface area (Å²) in [6.07, 6.45) is 3.62. The molecule has 6 aromatic rings. The Morgan fingerprint density at radius 1 is 0.800 bits per heavy atom. The zero-order valence-electron chi connectivity index (χ0n) is 22.6. The first-order chi connectivity index (χ1) is 19.6. The van der Waals surface area contributed by atoms with Gasteiger partial charge in [-0.25, -0.2) is 9.50 Å². The van der Waals surface area contributed by atoms with Crippen molar-refractivity contribution < 1.29 is 0 Å². The molecule has 0 amide bonds. The van der Waals surface area contributed by atoms with Gasteiger partial charge in [-0.3, -0.25) is 9.58 Å². The predicted molar refractivity (Wildman–Crippen MR) is 160 cm³/mol. The van der Waals surface area contributed by atoms with Gasteiger partial charge < -0.3 is 10.6 Å². The molecule has 200 valence electrons. The molecule has 40 heavy (non-hydrogen) atoms. The maximum Gasteiger partial charge on any atom is 0.152 e. The number of rotatable bonds is 6. The molecule has 8 nitrogen and oxygen atoms in total. The molecule has 0 unspecified atom stereocenters. The van der Waals surface area contributed by atoms with Gasteiger partial charge in [-0.05, 0) is 41.9 Å². The van der Waals surface area contributed by atoms with Crippen LogP contribution in [0, 0.1) is 0 Å². The molecule has 0 aliphatic carbocycles. The molecule has 0 saturated carbocycles. The average molecular weight is 529 g/mol. The van der Waals surface area contributed by atoms with Crippen LogP contribution in [0.15, 0.2) is 91.4 Å². The van der Waals surface area contributed by atoms with Gasteiger partial charge in [0.2, 0.25) is 0 Å². The van der Waals surface area contributed by atoms with Crippen LogP contribution in [0.4, 0.5) is 5.82 Å². The Hall–Kier alpha value is -4.53. The zero-order valence-corrected chi connectivity index (χ0v) is 22.6. The van der Waals surface area contributed by atoms with Gasteiger partial charge in [-0.1, -0.05) is 60.7 Å². The Labute approximate surface area is 233 Å². The second kappa shape index (κ2) is 10.2. The van der Waals surface area contributed by atoms with Gasteiger partial charge in [-0.15, -0.1) is 0 Å². The first-order valence-corrected chi connectivity index (χ1v) is 13.7. The minimum atomic E-state index is 0.458. The lowest BCUT2D eigenvalue weighted by Gasteiger charge is -2.32. The van der Waals surface area contributed by atoms with Gasteiger partial charge in [-0.2, -0.15) is 10.2 Å². The van der Waals surface area contributed by atoms with Crippen molar-refractivity contribution >= 4 is 22.2 Å². The highest BCUT2D eigenvalue weighted by Gasteiger charge is 2.19. The van der Waals surface area contributed by atoms with Crippen molar-refractivity contribution in [1.82, 2.24) is 34.2 Å². The van der Waals surface area contributed by atoms with Crippen LogP contribution in [0.5, 0.6) is 0 Å². The predicted octanol–water partition coefficient (Wildman–Crippen LogP) is 4.79. The number of anilines is 1. The quantitative estimate of drug-likeness (QED) is 0.335. The fourth-order valence-corrected chi connectivity index (χ4v) is 5.67. The van der Waals surface area contributed by atoms with E-state index in [0.717, 1.165) is 78.1 Å². The number of aromatic nitrogens is 5. The highest BCUT2D eigenvalue weighted by molar-refractivity contribution is 5.95. The Kier molecular flexibility index (Phi) is 6.26. The first-order valence-electron chi connectivity index (χ1n) is 13.7. The lowest BCUT2D eigenvalue weighted by molar-refractivity contribution is 0.148. The van der Waals surface area contributed by atoms with Crippen molar-refractivity contribution in [3.05, 3.63) is 103 Å². The van der Waals surface area contributed by atoms with Crippen molar-refractivity contribution in [2.45, 2.75) is 13.1 Å². The van der Waals surface area contributed by atoms with Gasteiger partial charge in [0.15, 0.2) is 5.82 Å². The summed E-state index contributed by atoms with van der Waals surface area (Å²) in [6.45, 7) is 6.07. The van der Waals surface area contributed by atoms with E-state index < -0.39 is 0 Å². The molecule has 1 aliphatic rings. The van der Waals surface area contributed by atoms with Gasteiger partial charge in [0.05, 0.1) is 17.8 Å². The summed E-state index contributed by atoms with van der Waals surface area (Å²) in [7, 11) is 2.19. The normalized spacial score (nSPS) is 14.8. The van der Waals surface area contributed by atoms with E-state index in [-0.39, 0.29) is 0 Å². The Morgan fingerprint density at radius 3 is 2.48 bits per heavy atom. The van der Waals surface area contributed by atoms with E-state index in [1.807, 2.05) is 15.3 Å². The van der Waals surface area contributed by atoms with Gasteiger partial charge >= 0.3 is 0 Å². The molecule has 0 bridgehead atoms.